The van der Waals surface area contributed by atoms with Gasteiger partial charge in [0, 0.05) is 24.0 Å². The van der Waals surface area contributed by atoms with Gasteiger partial charge in [0.1, 0.15) is 5.75 Å². The molecule has 1 unspecified atom stereocenters. The molecule has 148 valence electrons. The van der Waals surface area contributed by atoms with Crippen LogP contribution in [0.5, 0.6) is 5.75 Å². The summed E-state index contributed by atoms with van der Waals surface area (Å²) in [5.74, 6) is 2.20. The summed E-state index contributed by atoms with van der Waals surface area (Å²) in [6.45, 7) is 1.96. The van der Waals surface area contributed by atoms with Crippen LogP contribution in [0, 0.1) is 6.92 Å². The summed E-state index contributed by atoms with van der Waals surface area (Å²) in [4.78, 5) is 9.68. The third-order valence-electron chi connectivity index (χ3n) is 5.00. The second-order valence-corrected chi connectivity index (χ2v) is 7.70. The average molecular weight is 408 g/mol. The molecule has 2 N–H and O–H groups in total. The van der Waals surface area contributed by atoms with Crippen LogP contribution in [-0.2, 0) is 4.84 Å². The molecule has 0 saturated heterocycles. The molecule has 1 aliphatic heterocycles. The molecule has 1 fully saturated rings. The van der Waals surface area contributed by atoms with E-state index in [1.165, 1.54) is 0 Å². The first-order valence-corrected chi connectivity index (χ1v) is 9.89. The number of hydrogen-bond donors (Lipinski definition) is 3. The second-order valence-electron chi connectivity index (χ2n) is 7.21. The van der Waals surface area contributed by atoms with Gasteiger partial charge in [-0.25, -0.2) is 0 Å². The van der Waals surface area contributed by atoms with E-state index in [1.54, 1.807) is 29.7 Å². The first-order chi connectivity index (χ1) is 14.1. The van der Waals surface area contributed by atoms with E-state index in [-0.39, 0.29) is 5.75 Å². The number of aromatic hydroxyl groups is 1. The predicted octanol–water partition coefficient (Wildman–Crippen LogP) is 3.37. The zero-order valence-electron chi connectivity index (χ0n) is 15.7. The van der Waals surface area contributed by atoms with E-state index >= 15 is 0 Å². The molecule has 3 aromatic rings. The Bertz CT molecular complexity index is 1080. The number of phenolic OH excluding ortho intramolecular Hbond substituents is 1. The molecular weight excluding hydrogens is 388 g/mol. The van der Waals surface area contributed by atoms with Gasteiger partial charge in [-0.1, -0.05) is 17.2 Å². The largest absolute Gasteiger partial charge is 0.507 e. The lowest BCUT2D eigenvalue weighted by Crippen LogP contribution is -2.31. The molecule has 0 bridgehead atoms. The molecule has 3 heterocycles. The fourth-order valence-electron chi connectivity index (χ4n) is 3.37. The van der Waals surface area contributed by atoms with Crippen LogP contribution < -0.4 is 5.59 Å². The van der Waals surface area contributed by atoms with Gasteiger partial charge in [0.05, 0.1) is 11.8 Å². The molecule has 2 aliphatic rings. The molecule has 2 aromatic heterocycles. The van der Waals surface area contributed by atoms with E-state index in [1.807, 2.05) is 31.2 Å². The summed E-state index contributed by atoms with van der Waals surface area (Å²) >= 11 is 4.77. The molecule has 1 aliphatic carbocycles. The third-order valence-corrected chi connectivity index (χ3v) is 5.48. The third kappa shape index (κ3) is 3.32. The Hall–Kier alpha value is -3.04. The summed E-state index contributed by atoms with van der Waals surface area (Å²) < 4.78 is 2.14. The summed E-state index contributed by atoms with van der Waals surface area (Å²) in [5, 5.41) is 20.3. The maximum absolute atomic E-state index is 10.2. The molecule has 1 saturated carbocycles. The van der Waals surface area contributed by atoms with Gasteiger partial charge in [0.25, 0.3) is 0 Å². The smallest absolute Gasteiger partial charge is 0.177 e. The van der Waals surface area contributed by atoms with Crippen molar-refractivity contribution in [2.75, 3.05) is 0 Å². The Morgan fingerprint density at radius 3 is 2.76 bits per heavy atom. The van der Waals surface area contributed by atoms with Crippen molar-refractivity contribution in [1.29, 1.82) is 0 Å². The van der Waals surface area contributed by atoms with Crippen molar-refractivity contribution in [3.8, 4) is 17.1 Å². The minimum absolute atomic E-state index is 0.155. The Labute approximate surface area is 173 Å². The van der Waals surface area contributed by atoms with Crippen molar-refractivity contribution in [3.05, 3.63) is 65.9 Å². The number of benzene rings is 1. The lowest BCUT2D eigenvalue weighted by atomic mass is 10.1. The van der Waals surface area contributed by atoms with Crippen LogP contribution >= 0.6 is 12.6 Å². The Kier molecular flexibility index (Phi) is 4.40. The van der Waals surface area contributed by atoms with E-state index in [2.05, 4.69) is 25.3 Å². The van der Waals surface area contributed by atoms with Crippen LogP contribution in [0.1, 0.15) is 41.2 Å². The minimum Gasteiger partial charge on any atom is -0.507 e. The number of rotatable bonds is 5. The summed E-state index contributed by atoms with van der Waals surface area (Å²) in [6.07, 6.45) is 7.44. The monoisotopic (exact) mass is 408 g/mol. The van der Waals surface area contributed by atoms with E-state index in [4.69, 9.17) is 17.5 Å². The quantitative estimate of drug-likeness (QED) is 0.558. The van der Waals surface area contributed by atoms with Crippen LogP contribution in [0.25, 0.3) is 17.1 Å². The van der Waals surface area contributed by atoms with Crippen LogP contribution in [-0.4, -0.2) is 29.9 Å². The van der Waals surface area contributed by atoms with Crippen molar-refractivity contribution in [2.45, 2.75) is 31.2 Å². The molecule has 29 heavy (non-hydrogen) atoms. The molecule has 5 rings (SSSR count). The SMILES string of the molecule is Cc1ccc(O)c(C2=CN(C(S)c3nnc(-c4ccncc4)n3C3CC3)NO2)c1. The number of phenols is 1. The highest BCUT2D eigenvalue weighted by atomic mass is 32.1. The molecule has 9 heteroatoms. The zero-order valence-corrected chi connectivity index (χ0v) is 16.6. The van der Waals surface area contributed by atoms with Crippen LogP contribution in [0.15, 0.2) is 48.9 Å². The fraction of sp³-hybridized carbons (Fsp3) is 0.250. The van der Waals surface area contributed by atoms with Crippen LogP contribution in [0.2, 0.25) is 0 Å². The van der Waals surface area contributed by atoms with Crippen LogP contribution in [0.4, 0.5) is 0 Å². The van der Waals surface area contributed by atoms with Gasteiger partial charge in [0.2, 0.25) is 0 Å². The Morgan fingerprint density at radius 1 is 1.21 bits per heavy atom. The normalized spacial score (nSPS) is 17.2. The van der Waals surface area contributed by atoms with Crippen molar-refractivity contribution >= 4 is 18.4 Å². The maximum Gasteiger partial charge on any atom is 0.177 e. The molecule has 1 atom stereocenters. The average Bonchev–Trinajstić information content (AvgIpc) is 3.29. The van der Waals surface area contributed by atoms with E-state index in [0.29, 0.717) is 17.4 Å². The number of nitrogens with one attached hydrogen (secondary N) is 1. The van der Waals surface area contributed by atoms with E-state index in [0.717, 1.165) is 35.6 Å². The molecular formula is C20H20N6O2S. The predicted molar refractivity (Wildman–Crippen MR) is 110 cm³/mol. The molecule has 0 spiro atoms. The van der Waals surface area contributed by atoms with Gasteiger partial charge in [-0.05, 0) is 44.0 Å². The van der Waals surface area contributed by atoms with Crippen LogP contribution in [0.3, 0.4) is 0 Å². The first kappa shape index (κ1) is 18.0. The Morgan fingerprint density at radius 2 is 2.00 bits per heavy atom. The van der Waals surface area contributed by atoms with Gasteiger partial charge < -0.3 is 14.5 Å². The number of aryl methyl sites for hydroxylation is 1. The van der Waals surface area contributed by atoms with Crippen molar-refractivity contribution < 1.29 is 9.94 Å². The lowest BCUT2D eigenvalue weighted by Gasteiger charge is -2.21. The topological polar surface area (TPSA) is 88.3 Å². The van der Waals surface area contributed by atoms with Gasteiger partial charge in [-0.2, -0.15) is 0 Å². The number of aromatic nitrogens is 4. The lowest BCUT2D eigenvalue weighted by molar-refractivity contribution is 0.0380. The fourth-order valence-corrected chi connectivity index (χ4v) is 3.66. The molecule has 0 amide bonds. The van der Waals surface area contributed by atoms with Gasteiger partial charge >= 0.3 is 0 Å². The first-order valence-electron chi connectivity index (χ1n) is 9.37. The number of nitrogens with zero attached hydrogens (tertiary/aromatic N) is 5. The molecule has 0 radical (unpaired) electrons. The summed E-state index contributed by atoms with van der Waals surface area (Å²) in [5.41, 5.74) is 5.46. The Balaban J connectivity index is 1.47. The van der Waals surface area contributed by atoms with E-state index < -0.39 is 5.37 Å². The highest BCUT2D eigenvalue weighted by Crippen LogP contribution is 2.42. The summed E-state index contributed by atoms with van der Waals surface area (Å²) in [7, 11) is 0. The summed E-state index contributed by atoms with van der Waals surface area (Å²) in [6, 6.07) is 9.59. The van der Waals surface area contributed by atoms with Crippen molar-refractivity contribution in [3.63, 3.8) is 0 Å². The number of thiol groups is 1. The highest BCUT2D eigenvalue weighted by Gasteiger charge is 2.34. The second kappa shape index (κ2) is 7.09. The standard InChI is InChI=1S/C20H20N6O2S/c1-12-2-5-16(27)15(10-12)17-11-25(24-28-17)20(29)19-23-22-18(26(19)14-3-4-14)13-6-8-21-9-7-13/h2,5-11,14,20,24,27,29H,3-4H2,1H3. The van der Waals surface area contributed by atoms with Gasteiger partial charge in [0.15, 0.2) is 22.8 Å². The maximum atomic E-state index is 10.2. The van der Waals surface area contributed by atoms with Crippen molar-refractivity contribution in [2.24, 2.45) is 0 Å². The van der Waals surface area contributed by atoms with Gasteiger partial charge in [-0.3, -0.25) is 9.99 Å². The number of pyridine rings is 1. The number of hydrogen-bond acceptors (Lipinski definition) is 8. The van der Waals surface area contributed by atoms with E-state index in [9.17, 15) is 5.11 Å². The highest BCUT2D eigenvalue weighted by molar-refractivity contribution is 7.80. The zero-order chi connectivity index (χ0) is 20.0. The minimum atomic E-state index is -0.428. The number of hydrazine groups is 1. The van der Waals surface area contributed by atoms with Gasteiger partial charge in [-0.15, -0.1) is 22.8 Å². The van der Waals surface area contributed by atoms with Crippen molar-refractivity contribution in [1.82, 2.24) is 30.3 Å². The molecule has 8 nitrogen and oxygen atoms in total. The molecule has 1 aromatic carbocycles.